The molecule has 1 aromatic rings. The number of rotatable bonds is 7. The number of hydrogen-bond acceptors (Lipinski definition) is 2. The van der Waals surface area contributed by atoms with Gasteiger partial charge in [0, 0.05) is 6.08 Å². The molecule has 0 saturated carbocycles. The predicted molar refractivity (Wildman–Crippen MR) is 83.5 cm³/mol. The van der Waals surface area contributed by atoms with E-state index >= 15 is 0 Å². The molecular formula is C18H26O2. The smallest absolute Gasteiger partial charge is 0.330 e. The first-order valence-electron chi connectivity index (χ1n) is 7.32. The molecule has 0 saturated heterocycles. The molecule has 0 aliphatic carbocycles. The van der Waals surface area contributed by atoms with E-state index < -0.39 is 0 Å². The summed E-state index contributed by atoms with van der Waals surface area (Å²) in [7, 11) is 0. The summed E-state index contributed by atoms with van der Waals surface area (Å²) >= 11 is 0. The van der Waals surface area contributed by atoms with Crippen molar-refractivity contribution in [3.8, 4) is 0 Å². The average Bonchev–Trinajstić information content (AvgIpc) is 2.42. The highest BCUT2D eigenvalue weighted by molar-refractivity contribution is 5.81. The minimum Gasteiger partial charge on any atom is -0.458 e. The van der Waals surface area contributed by atoms with E-state index in [1.54, 1.807) is 0 Å². The van der Waals surface area contributed by atoms with E-state index in [0.29, 0.717) is 24.4 Å². The molecule has 0 fully saturated rings. The van der Waals surface area contributed by atoms with Crippen molar-refractivity contribution in [3.05, 3.63) is 48.0 Å². The maximum Gasteiger partial charge on any atom is 0.330 e. The number of esters is 1. The minimum atomic E-state index is -0.381. The number of ether oxygens (including phenoxy) is 1. The molecule has 0 bridgehead atoms. The second kappa shape index (κ2) is 7.88. The van der Waals surface area contributed by atoms with Crippen molar-refractivity contribution in [2.45, 2.75) is 46.6 Å². The Morgan fingerprint density at radius 1 is 1.20 bits per heavy atom. The van der Waals surface area contributed by atoms with Gasteiger partial charge in [0.1, 0.15) is 6.61 Å². The maximum atomic E-state index is 11.0. The van der Waals surface area contributed by atoms with Crippen LogP contribution in [0.2, 0.25) is 0 Å². The van der Waals surface area contributed by atoms with Crippen molar-refractivity contribution in [2.24, 2.45) is 11.8 Å². The molecule has 0 aliphatic rings. The Bertz CT molecular complexity index is 429. The number of carbonyl (C=O) groups is 1. The topological polar surface area (TPSA) is 26.3 Å². The van der Waals surface area contributed by atoms with Crippen molar-refractivity contribution >= 4 is 5.97 Å². The fraction of sp³-hybridized carbons (Fsp3) is 0.500. The van der Waals surface area contributed by atoms with Crippen LogP contribution in [-0.4, -0.2) is 5.97 Å². The highest BCUT2D eigenvalue weighted by atomic mass is 16.5. The summed E-state index contributed by atoms with van der Waals surface area (Å²) in [6.07, 6.45) is 2.38. The highest BCUT2D eigenvalue weighted by Crippen LogP contribution is 2.31. The SMILES string of the molecule is C=CC(=O)OCc1ccc(C(CC(C)C)C(C)C)cc1. The fourth-order valence-corrected chi connectivity index (χ4v) is 2.38. The van der Waals surface area contributed by atoms with Crippen LogP contribution in [0.15, 0.2) is 36.9 Å². The zero-order valence-electron chi connectivity index (χ0n) is 13.1. The Hall–Kier alpha value is -1.57. The molecule has 1 unspecified atom stereocenters. The Labute approximate surface area is 122 Å². The van der Waals surface area contributed by atoms with Gasteiger partial charge in [-0.05, 0) is 35.3 Å². The lowest BCUT2D eigenvalue weighted by atomic mass is 9.82. The monoisotopic (exact) mass is 274 g/mol. The van der Waals surface area contributed by atoms with Gasteiger partial charge in [0.15, 0.2) is 0 Å². The van der Waals surface area contributed by atoms with Crippen LogP contribution in [0.1, 0.15) is 51.2 Å². The van der Waals surface area contributed by atoms with Crippen LogP contribution >= 0.6 is 0 Å². The molecule has 1 aromatic carbocycles. The molecule has 0 aliphatic heterocycles. The Kier molecular flexibility index (Phi) is 6.50. The van der Waals surface area contributed by atoms with Gasteiger partial charge >= 0.3 is 5.97 Å². The molecule has 0 amide bonds. The average molecular weight is 274 g/mol. The largest absolute Gasteiger partial charge is 0.458 e. The van der Waals surface area contributed by atoms with Crippen molar-refractivity contribution in [3.63, 3.8) is 0 Å². The van der Waals surface area contributed by atoms with Crippen LogP contribution in [0, 0.1) is 11.8 Å². The molecule has 0 spiro atoms. The molecular weight excluding hydrogens is 248 g/mol. The minimum absolute atomic E-state index is 0.307. The summed E-state index contributed by atoms with van der Waals surface area (Å²) < 4.78 is 5.03. The third kappa shape index (κ3) is 5.20. The van der Waals surface area contributed by atoms with Gasteiger partial charge in [0.2, 0.25) is 0 Å². The van der Waals surface area contributed by atoms with Crippen molar-refractivity contribution in [2.75, 3.05) is 0 Å². The van der Waals surface area contributed by atoms with E-state index in [2.05, 4.69) is 46.4 Å². The van der Waals surface area contributed by atoms with E-state index in [9.17, 15) is 4.79 Å². The molecule has 0 radical (unpaired) electrons. The molecule has 110 valence electrons. The zero-order chi connectivity index (χ0) is 15.1. The summed E-state index contributed by atoms with van der Waals surface area (Å²) in [4.78, 5) is 11.0. The van der Waals surface area contributed by atoms with Gasteiger partial charge in [-0.25, -0.2) is 4.79 Å². The van der Waals surface area contributed by atoms with E-state index in [0.717, 1.165) is 5.56 Å². The fourth-order valence-electron chi connectivity index (χ4n) is 2.38. The predicted octanol–water partition coefficient (Wildman–Crippen LogP) is 4.70. The molecule has 1 rings (SSSR count). The number of carbonyl (C=O) groups excluding carboxylic acids is 1. The van der Waals surface area contributed by atoms with E-state index in [1.807, 2.05) is 12.1 Å². The van der Waals surface area contributed by atoms with Gasteiger partial charge < -0.3 is 4.74 Å². The second-order valence-corrected chi connectivity index (χ2v) is 6.03. The molecule has 2 heteroatoms. The first-order chi connectivity index (χ1) is 9.43. The van der Waals surface area contributed by atoms with Gasteiger partial charge in [0.25, 0.3) is 0 Å². The molecule has 1 atom stereocenters. The summed E-state index contributed by atoms with van der Waals surface area (Å²) in [6.45, 7) is 12.8. The van der Waals surface area contributed by atoms with Gasteiger partial charge in [-0.2, -0.15) is 0 Å². The van der Waals surface area contributed by atoms with E-state index in [4.69, 9.17) is 4.74 Å². The lowest BCUT2D eigenvalue weighted by Gasteiger charge is -2.23. The third-order valence-corrected chi connectivity index (χ3v) is 3.49. The Morgan fingerprint density at radius 3 is 2.25 bits per heavy atom. The van der Waals surface area contributed by atoms with Gasteiger partial charge in [-0.3, -0.25) is 0 Å². The quantitative estimate of drug-likeness (QED) is 0.532. The highest BCUT2D eigenvalue weighted by Gasteiger charge is 2.17. The van der Waals surface area contributed by atoms with Crippen molar-refractivity contribution in [1.29, 1.82) is 0 Å². The van der Waals surface area contributed by atoms with Crippen LogP contribution in [0.4, 0.5) is 0 Å². The zero-order valence-corrected chi connectivity index (χ0v) is 13.1. The third-order valence-electron chi connectivity index (χ3n) is 3.49. The van der Waals surface area contributed by atoms with Gasteiger partial charge in [-0.1, -0.05) is 58.5 Å². The normalized spacial score (nSPS) is 12.5. The Balaban J connectivity index is 2.72. The van der Waals surface area contributed by atoms with Crippen LogP contribution < -0.4 is 0 Å². The van der Waals surface area contributed by atoms with Crippen LogP contribution in [0.3, 0.4) is 0 Å². The molecule has 2 nitrogen and oxygen atoms in total. The standard InChI is InChI=1S/C18H26O2/c1-6-18(19)20-12-15-7-9-16(10-8-15)17(14(4)5)11-13(2)3/h6-10,13-14,17H,1,11-12H2,2-5H3. The van der Waals surface area contributed by atoms with Crippen LogP contribution in [0.5, 0.6) is 0 Å². The van der Waals surface area contributed by atoms with Gasteiger partial charge in [-0.15, -0.1) is 0 Å². The summed E-state index contributed by atoms with van der Waals surface area (Å²) in [5, 5.41) is 0. The van der Waals surface area contributed by atoms with Crippen LogP contribution in [0.25, 0.3) is 0 Å². The number of hydrogen-bond donors (Lipinski definition) is 0. The molecule has 0 aromatic heterocycles. The lowest BCUT2D eigenvalue weighted by Crippen LogP contribution is -2.10. The lowest BCUT2D eigenvalue weighted by molar-refractivity contribution is -0.138. The maximum absolute atomic E-state index is 11.0. The van der Waals surface area contributed by atoms with E-state index in [-0.39, 0.29) is 5.97 Å². The Morgan fingerprint density at radius 2 is 1.80 bits per heavy atom. The first kappa shape index (κ1) is 16.5. The summed E-state index contributed by atoms with van der Waals surface area (Å²) in [5.74, 6) is 1.52. The summed E-state index contributed by atoms with van der Waals surface area (Å²) in [6, 6.07) is 8.40. The van der Waals surface area contributed by atoms with Crippen LogP contribution in [-0.2, 0) is 16.1 Å². The number of benzene rings is 1. The van der Waals surface area contributed by atoms with Crippen molar-refractivity contribution in [1.82, 2.24) is 0 Å². The molecule has 20 heavy (non-hydrogen) atoms. The first-order valence-corrected chi connectivity index (χ1v) is 7.32. The second-order valence-electron chi connectivity index (χ2n) is 6.03. The summed E-state index contributed by atoms with van der Waals surface area (Å²) in [5.41, 5.74) is 2.38. The van der Waals surface area contributed by atoms with Gasteiger partial charge in [0.05, 0.1) is 0 Å². The molecule has 0 N–H and O–H groups in total. The molecule has 0 heterocycles. The van der Waals surface area contributed by atoms with Crippen molar-refractivity contribution < 1.29 is 9.53 Å². The van der Waals surface area contributed by atoms with E-state index in [1.165, 1.54) is 18.1 Å².